The van der Waals surface area contributed by atoms with Crippen LogP contribution in [0.4, 0.5) is 4.39 Å². The van der Waals surface area contributed by atoms with E-state index in [2.05, 4.69) is 5.32 Å². The molecule has 0 spiro atoms. The Labute approximate surface area is 137 Å². The molecule has 2 fully saturated rings. The van der Waals surface area contributed by atoms with Crippen molar-refractivity contribution in [3.05, 3.63) is 29.6 Å². The molecule has 0 aromatic heterocycles. The number of carbonyl (C=O) groups is 2. The smallest absolute Gasteiger partial charge is 0.290 e. The topological polar surface area (TPSA) is 114 Å². The Balaban J connectivity index is 0.000000647. The van der Waals surface area contributed by atoms with Crippen molar-refractivity contribution in [3.8, 4) is 5.75 Å². The molecule has 24 heavy (non-hydrogen) atoms. The van der Waals surface area contributed by atoms with Crippen molar-refractivity contribution >= 4 is 12.4 Å². The van der Waals surface area contributed by atoms with Gasteiger partial charge in [0, 0.05) is 5.56 Å². The van der Waals surface area contributed by atoms with Gasteiger partial charge in [-0.15, -0.1) is 0 Å². The molecule has 132 valence electrons. The third kappa shape index (κ3) is 3.81. The number of carboxylic acid groups (broad SMARTS) is 1. The molecule has 2 aliphatic rings. The third-order valence-electron chi connectivity index (χ3n) is 3.76. The van der Waals surface area contributed by atoms with Crippen LogP contribution in [-0.2, 0) is 14.3 Å². The molecule has 1 aromatic carbocycles. The average molecular weight is 343 g/mol. The van der Waals surface area contributed by atoms with Crippen LogP contribution in [0.1, 0.15) is 10.4 Å². The molecule has 2 saturated heterocycles. The summed E-state index contributed by atoms with van der Waals surface area (Å²) in [6, 6.07) is 3.56. The minimum atomic E-state index is -0.664. The Morgan fingerprint density at radius 3 is 2.71 bits per heavy atom. The van der Waals surface area contributed by atoms with Gasteiger partial charge < -0.3 is 29.7 Å². The first-order chi connectivity index (χ1) is 11.5. The zero-order valence-corrected chi connectivity index (χ0v) is 12.8. The zero-order valence-electron chi connectivity index (χ0n) is 12.8. The Bertz CT molecular complexity index is 597. The van der Waals surface area contributed by atoms with Crippen molar-refractivity contribution in [2.45, 2.75) is 24.4 Å². The Hall–Kier alpha value is -2.23. The van der Waals surface area contributed by atoms with Crippen molar-refractivity contribution in [1.29, 1.82) is 0 Å². The molecule has 1 amide bonds. The summed E-state index contributed by atoms with van der Waals surface area (Å²) in [5, 5.41) is 19.3. The minimum absolute atomic E-state index is 0.00994. The number of methoxy groups -OCH3 is 1. The van der Waals surface area contributed by atoms with Crippen molar-refractivity contribution < 1.29 is 38.4 Å². The highest BCUT2D eigenvalue weighted by atomic mass is 19.1. The number of amides is 1. The van der Waals surface area contributed by atoms with Crippen LogP contribution in [-0.4, -0.2) is 67.3 Å². The predicted molar refractivity (Wildman–Crippen MR) is 78.4 cm³/mol. The van der Waals surface area contributed by atoms with E-state index in [9.17, 15) is 14.3 Å². The molecule has 2 aliphatic heterocycles. The van der Waals surface area contributed by atoms with Gasteiger partial charge in [0.15, 0.2) is 11.6 Å². The first-order valence-electron chi connectivity index (χ1n) is 7.15. The lowest BCUT2D eigenvalue weighted by Crippen LogP contribution is -2.44. The average Bonchev–Trinajstić information content (AvgIpc) is 3.12. The largest absolute Gasteiger partial charge is 0.494 e. The van der Waals surface area contributed by atoms with Gasteiger partial charge in [-0.1, -0.05) is 0 Å². The molecule has 2 heterocycles. The fourth-order valence-corrected chi connectivity index (χ4v) is 2.66. The van der Waals surface area contributed by atoms with E-state index >= 15 is 0 Å². The van der Waals surface area contributed by atoms with Gasteiger partial charge in [-0.2, -0.15) is 0 Å². The van der Waals surface area contributed by atoms with Crippen LogP contribution in [0.25, 0.3) is 0 Å². The summed E-state index contributed by atoms with van der Waals surface area (Å²) < 4.78 is 29.0. The van der Waals surface area contributed by atoms with Crippen LogP contribution >= 0.6 is 0 Å². The van der Waals surface area contributed by atoms with Gasteiger partial charge in [0.05, 0.1) is 26.4 Å². The molecule has 3 N–H and O–H groups in total. The number of aliphatic hydroxyl groups excluding tert-OH is 1. The number of hydrogen-bond donors (Lipinski definition) is 3. The number of fused-ring (bicyclic) bond motifs is 1. The van der Waals surface area contributed by atoms with E-state index in [0.29, 0.717) is 0 Å². The second-order valence-electron chi connectivity index (χ2n) is 5.20. The van der Waals surface area contributed by atoms with Crippen molar-refractivity contribution in [2.24, 2.45) is 0 Å². The summed E-state index contributed by atoms with van der Waals surface area (Å²) in [4.78, 5) is 20.5. The minimum Gasteiger partial charge on any atom is -0.494 e. The maximum atomic E-state index is 13.3. The number of hydrogen-bond acceptors (Lipinski definition) is 6. The van der Waals surface area contributed by atoms with Crippen LogP contribution in [0.2, 0.25) is 0 Å². The molecule has 0 bridgehead atoms. The third-order valence-corrected chi connectivity index (χ3v) is 3.76. The number of carbonyl (C=O) groups excluding carboxylic acids is 1. The number of rotatable bonds is 3. The first-order valence-corrected chi connectivity index (χ1v) is 7.15. The van der Waals surface area contributed by atoms with E-state index in [1.807, 2.05) is 0 Å². The maximum Gasteiger partial charge on any atom is 0.290 e. The highest BCUT2D eigenvalue weighted by molar-refractivity contribution is 5.94. The van der Waals surface area contributed by atoms with E-state index in [1.54, 1.807) is 0 Å². The number of halogens is 1. The van der Waals surface area contributed by atoms with Crippen molar-refractivity contribution in [2.75, 3.05) is 20.3 Å². The van der Waals surface area contributed by atoms with Gasteiger partial charge in [-0.3, -0.25) is 9.59 Å². The molecule has 8 nitrogen and oxygen atoms in total. The van der Waals surface area contributed by atoms with E-state index in [1.165, 1.54) is 25.3 Å². The van der Waals surface area contributed by atoms with E-state index in [-0.39, 0.29) is 49.1 Å². The van der Waals surface area contributed by atoms with Gasteiger partial charge >= 0.3 is 0 Å². The summed E-state index contributed by atoms with van der Waals surface area (Å²) in [5.74, 6) is -0.885. The number of nitrogens with one attached hydrogen (secondary N) is 1. The Morgan fingerprint density at radius 1 is 1.38 bits per heavy atom. The molecule has 0 radical (unpaired) electrons. The first kappa shape index (κ1) is 18.1. The fourth-order valence-electron chi connectivity index (χ4n) is 2.66. The van der Waals surface area contributed by atoms with Crippen molar-refractivity contribution in [3.63, 3.8) is 0 Å². The molecule has 3 rings (SSSR count). The second kappa shape index (κ2) is 8.04. The molecule has 0 unspecified atom stereocenters. The van der Waals surface area contributed by atoms with Gasteiger partial charge in [0.25, 0.3) is 12.4 Å². The molecular weight excluding hydrogens is 325 g/mol. The second-order valence-corrected chi connectivity index (χ2v) is 5.20. The van der Waals surface area contributed by atoms with Crippen LogP contribution in [0.3, 0.4) is 0 Å². The predicted octanol–water partition coefficient (Wildman–Crippen LogP) is -0.208. The summed E-state index contributed by atoms with van der Waals surface area (Å²) in [6.45, 7) is 0.225. The molecule has 1 aromatic rings. The lowest BCUT2D eigenvalue weighted by atomic mass is 10.1. The van der Waals surface area contributed by atoms with E-state index in [4.69, 9.17) is 24.1 Å². The Kier molecular flexibility index (Phi) is 6.07. The summed E-state index contributed by atoms with van der Waals surface area (Å²) in [6.07, 6.45) is -1.42. The molecule has 9 heteroatoms. The van der Waals surface area contributed by atoms with Crippen LogP contribution in [0, 0.1) is 5.82 Å². The molecule has 4 atom stereocenters. The lowest BCUT2D eigenvalue weighted by molar-refractivity contribution is -0.122. The summed E-state index contributed by atoms with van der Waals surface area (Å²) >= 11 is 0. The molecule has 0 aliphatic carbocycles. The molecular formula is C15H18FNO7. The number of benzene rings is 1. The number of ether oxygens (including phenoxy) is 3. The lowest BCUT2D eigenvalue weighted by Gasteiger charge is -2.17. The van der Waals surface area contributed by atoms with Crippen LogP contribution in [0.5, 0.6) is 5.75 Å². The SMILES string of the molecule is COc1cc(C(=O)N[C@@H]2CO[C@H]3[C@@H]2OC[C@H]3O)ccc1F.O=CO. The van der Waals surface area contributed by atoms with Gasteiger partial charge in [-0.25, -0.2) is 4.39 Å². The normalized spacial score (nSPS) is 27.6. The van der Waals surface area contributed by atoms with Crippen LogP contribution < -0.4 is 10.1 Å². The quantitative estimate of drug-likeness (QED) is 0.651. The highest BCUT2D eigenvalue weighted by Crippen LogP contribution is 2.27. The maximum absolute atomic E-state index is 13.3. The monoisotopic (exact) mass is 343 g/mol. The molecule has 0 saturated carbocycles. The summed E-state index contributed by atoms with van der Waals surface area (Å²) in [5.41, 5.74) is 0.287. The van der Waals surface area contributed by atoms with E-state index < -0.39 is 18.0 Å². The van der Waals surface area contributed by atoms with Gasteiger partial charge in [0.2, 0.25) is 0 Å². The van der Waals surface area contributed by atoms with Gasteiger partial charge in [0.1, 0.15) is 18.3 Å². The van der Waals surface area contributed by atoms with Gasteiger partial charge in [-0.05, 0) is 18.2 Å². The number of aliphatic hydroxyl groups is 1. The Morgan fingerprint density at radius 2 is 2.04 bits per heavy atom. The van der Waals surface area contributed by atoms with Crippen molar-refractivity contribution in [1.82, 2.24) is 5.32 Å². The van der Waals surface area contributed by atoms with Crippen LogP contribution in [0.15, 0.2) is 18.2 Å². The fraction of sp³-hybridized carbons (Fsp3) is 0.467. The highest BCUT2D eigenvalue weighted by Gasteiger charge is 2.47. The van der Waals surface area contributed by atoms with E-state index in [0.717, 1.165) is 0 Å². The summed E-state index contributed by atoms with van der Waals surface area (Å²) in [7, 11) is 1.34. The standard InChI is InChI=1S/C14H16FNO5.CH2O2/c1-19-11-4-7(2-3-8(11)15)14(18)16-9-5-20-13-10(17)6-21-12(9)13;2-1-3/h2-4,9-10,12-13,17H,5-6H2,1H3,(H,16,18);1H,(H,2,3)/t9-,10-,12-,13-;/m1./s1. The zero-order chi connectivity index (χ0) is 17.7.